The van der Waals surface area contributed by atoms with Gasteiger partial charge in [0.1, 0.15) is 11.9 Å². The summed E-state index contributed by atoms with van der Waals surface area (Å²) >= 11 is 5.67. The third-order valence-corrected chi connectivity index (χ3v) is 2.58. The highest BCUT2D eigenvalue weighted by Gasteiger charge is 2.18. The van der Waals surface area contributed by atoms with Crippen molar-refractivity contribution in [3.05, 3.63) is 34.6 Å². The van der Waals surface area contributed by atoms with Crippen LogP contribution in [0.5, 0.6) is 0 Å². The molecule has 0 heterocycles. The minimum absolute atomic E-state index is 0.0138. The number of carbonyl (C=O) groups is 1. The summed E-state index contributed by atoms with van der Waals surface area (Å²) < 4.78 is 13.0. The van der Waals surface area contributed by atoms with Gasteiger partial charge < -0.3 is 11.1 Å². The SMILES string of the molecule is CC(C)CNC(C(N)=O)c1ccc(F)c(Cl)c1. The lowest BCUT2D eigenvalue weighted by Crippen LogP contribution is -2.35. The summed E-state index contributed by atoms with van der Waals surface area (Å²) in [5, 5.41) is 3.01. The molecule has 0 bridgehead atoms. The second-order valence-corrected chi connectivity index (χ2v) is 4.72. The lowest BCUT2D eigenvalue weighted by atomic mass is 10.1. The Hall–Kier alpha value is -1.13. The molecule has 1 rings (SSSR count). The highest BCUT2D eigenvalue weighted by Crippen LogP contribution is 2.21. The molecule has 1 amide bonds. The molecule has 0 radical (unpaired) electrons. The third-order valence-electron chi connectivity index (χ3n) is 2.29. The van der Waals surface area contributed by atoms with Gasteiger partial charge >= 0.3 is 0 Å². The molecule has 1 aromatic carbocycles. The minimum atomic E-state index is -0.643. The predicted molar refractivity (Wildman–Crippen MR) is 66.2 cm³/mol. The first-order chi connectivity index (χ1) is 7.91. The number of hydrogen-bond acceptors (Lipinski definition) is 2. The number of benzene rings is 1. The van der Waals surface area contributed by atoms with Crippen molar-refractivity contribution in [2.24, 2.45) is 11.7 Å². The molecule has 0 aliphatic heterocycles. The standard InChI is InChI=1S/C12H16ClFN2O/c1-7(2)6-16-11(12(15)17)8-3-4-10(14)9(13)5-8/h3-5,7,11,16H,6H2,1-2H3,(H2,15,17). The maximum atomic E-state index is 13.0. The van der Waals surface area contributed by atoms with E-state index >= 15 is 0 Å². The molecule has 5 heteroatoms. The fourth-order valence-corrected chi connectivity index (χ4v) is 1.62. The highest BCUT2D eigenvalue weighted by atomic mass is 35.5. The van der Waals surface area contributed by atoms with E-state index < -0.39 is 17.8 Å². The minimum Gasteiger partial charge on any atom is -0.368 e. The molecular weight excluding hydrogens is 243 g/mol. The van der Waals surface area contributed by atoms with Crippen LogP contribution >= 0.6 is 11.6 Å². The van der Waals surface area contributed by atoms with Crippen LogP contribution in [0.25, 0.3) is 0 Å². The van der Waals surface area contributed by atoms with Gasteiger partial charge in [-0.05, 0) is 30.2 Å². The van der Waals surface area contributed by atoms with Gasteiger partial charge in [-0.2, -0.15) is 0 Å². The van der Waals surface area contributed by atoms with Crippen LogP contribution in [0.2, 0.25) is 5.02 Å². The van der Waals surface area contributed by atoms with Gasteiger partial charge in [-0.15, -0.1) is 0 Å². The van der Waals surface area contributed by atoms with Gasteiger partial charge in [0, 0.05) is 0 Å². The largest absolute Gasteiger partial charge is 0.368 e. The van der Waals surface area contributed by atoms with Crippen LogP contribution in [0.1, 0.15) is 25.5 Å². The van der Waals surface area contributed by atoms with Crippen LogP contribution in [-0.2, 0) is 4.79 Å². The summed E-state index contributed by atoms with van der Waals surface area (Å²) in [5.74, 6) is -0.636. The van der Waals surface area contributed by atoms with E-state index in [0.717, 1.165) is 0 Å². The van der Waals surface area contributed by atoms with Crippen molar-refractivity contribution in [1.82, 2.24) is 5.32 Å². The van der Waals surface area contributed by atoms with E-state index in [9.17, 15) is 9.18 Å². The summed E-state index contributed by atoms with van der Waals surface area (Å²) in [6.45, 7) is 4.67. The Balaban J connectivity index is 2.89. The predicted octanol–water partition coefficient (Wildman–Crippen LogP) is 2.25. The third kappa shape index (κ3) is 3.98. The van der Waals surface area contributed by atoms with Crippen molar-refractivity contribution in [3.63, 3.8) is 0 Å². The van der Waals surface area contributed by atoms with E-state index in [1.165, 1.54) is 18.2 Å². The maximum Gasteiger partial charge on any atom is 0.239 e. The van der Waals surface area contributed by atoms with Crippen LogP contribution in [0.15, 0.2) is 18.2 Å². The van der Waals surface area contributed by atoms with Crippen molar-refractivity contribution < 1.29 is 9.18 Å². The maximum absolute atomic E-state index is 13.0. The van der Waals surface area contributed by atoms with Crippen molar-refractivity contribution in [2.45, 2.75) is 19.9 Å². The van der Waals surface area contributed by atoms with Crippen LogP contribution in [0.4, 0.5) is 4.39 Å². The van der Waals surface area contributed by atoms with Crippen LogP contribution in [0.3, 0.4) is 0 Å². The fraction of sp³-hybridized carbons (Fsp3) is 0.417. The number of hydrogen-bond donors (Lipinski definition) is 2. The number of nitrogens with one attached hydrogen (secondary N) is 1. The second-order valence-electron chi connectivity index (χ2n) is 4.31. The van der Waals surface area contributed by atoms with Crippen molar-refractivity contribution >= 4 is 17.5 Å². The number of primary amides is 1. The smallest absolute Gasteiger partial charge is 0.239 e. The molecular formula is C12H16ClFN2O. The number of amides is 1. The second kappa shape index (κ2) is 5.98. The van der Waals surface area contributed by atoms with E-state index in [1.807, 2.05) is 13.8 Å². The molecule has 0 aromatic heterocycles. The lowest BCUT2D eigenvalue weighted by molar-refractivity contribution is -0.120. The molecule has 17 heavy (non-hydrogen) atoms. The molecule has 0 spiro atoms. The molecule has 1 unspecified atom stereocenters. The number of halogens is 2. The Labute approximate surface area is 105 Å². The van der Waals surface area contributed by atoms with Crippen LogP contribution in [-0.4, -0.2) is 12.5 Å². The number of nitrogens with two attached hydrogens (primary N) is 1. The van der Waals surface area contributed by atoms with E-state index in [1.54, 1.807) is 0 Å². The number of rotatable bonds is 5. The van der Waals surface area contributed by atoms with E-state index in [4.69, 9.17) is 17.3 Å². The normalized spacial score (nSPS) is 12.8. The quantitative estimate of drug-likeness (QED) is 0.851. The first-order valence-corrected chi connectivity index (χ1v) is 5.77. The Kier molecular flexibility index (Phi) is 4.90. The Morgan fingerprint density at radius 3 is 2.65 bits per heavy atom. The Morgan fingerprint density at radius 1 is 1.53 bits per heavy atom. The summed E-state index contributed by atoms with van der Waals surface area (Å²) in [6.07, 6.45) is 0. The zero-order chi connectivity index (χ0) is 13.0. The van der Waals surface area contributed by atoms with Crippen molar-refractivity contribution in [1.29, 1.82) is 0 Å². The molecule has 0 aliphatic rings. The van der Waals surface area contributed by atoms with Crippen LogP contribution < -0.4 is 11.1 Å². The van der Waals surface area contributed by atoms with Crippen LogP contribution in [0, 0.1) is 11.7 Å². The highest BCUT2D eigenvalue weighted by molar-refractivity contribution is 6.30. The first kappa shape index (κ1) is 13.9. The van der Waals surface area contributed by atoms with Gasteiger partial charge in [0.15, 0.2) is 0 Å². The lowest BCUT2D eigenvalue weighted by Gasteiger charge is -2.17. The molecule has 94 valence electrons. The monoisotopic (exact) mass is 258 g/mol. The summed E-state index contributed by atoms with van der Waals surface area (Å²) in [5.41, 5.74) is 5.88. The zero-order valence-electron chi connectivity index (χ0n) is 9.84. The average Bonchev–Trinajstić information content (AvgIpc) is 2.22. The molecule has 3 N–H and O–H groups in total. The van der Waals surface area contributed by atoms with E-state index in [-0.39, 0.29) is 5.02 Å². The van der Waals surface area contributed by atoms with E-state index in [0.29, 0.717) is 18.0 Å². The molecule has 1 aromatic rings. The molecule has 1 atom stereocenters. The van der Waals surface area contributed by atoms with Gasteiger partial charge in [-0.3, -0.25) is 4.79 Å². The Morgan fingerprint density at radius 2 is 2.18 bits per heavy atom. The zero-order valence-corrected chi connectivity index (χ0v) is 10.6. The average molecular weight is 259 g/mol. The molecule has 0 aliphatic carbocycles. The van der Waals surface area contributed by atoms with Gasteiger partial charge in [-0.25, -0.2) is 4.39 Å². The van der Waals surface area contributed by atoms with Gasteiger partial charge in [0.2, 0.25) is 5.91 Å². The molecule has 0 saturated heterocycles. The summed E-state index contributed by atoms with van der Waals surface area (Å²) in [6, 6.07) is 3.50. The topological polar surface area (TPSA) is 55.1 Å². The Bertz CT molecular complexity index is 409. The first-order valence-electron chi connectivity index (χ1n) is 5.39. The summed E-state index contributed by atoms with van der Waals surface area (Å²) in [4.78, 5) is 11.3. The van der Waals surface area contributed by atoms with E-state index in [2.05, 4.69) is 5.32 Å². The van der Waals surface area contributed by atoms with Gasteiger partial charge in [0.25, 0.3) is 0 Å². The van der Waals surface area contributed by atoms with Gasteiger partial charge in [-0.1, -0.05) is 31.5 Å². The van der Waals surface area contributed by atoms with Crippen molar-refractivity contribution in [2.75, 3.05) is 6.54 Å². The fourth-order valence-electron chi connectivity index (χ4n) is 1.43. The van der Waals surface area contributed by atoms with Gasteiger partial charge in [0.05, 0.1) is 5.02 Å². The number of carbonyl (C=O) groups excluding carboxylic acids is 1. The molecule has 0 saturated carbocycles. The van der Waals surface area contributed by atoms with Crippen molar-refractivity contribution in [3.8, 4) is 0 Å². The molecule has 0 fully saturated rings. The molecule has 3 nitrogen and oxygen atoms in total. The summed E-state index contributed by atoms with van der Waals surface area (Å²) in [7, 11) is 0.